The van der Waals surface area contributed by atoms with Gasteiger partial charge in [0.05, 0.1) is 17.4 Å². The number of rotatable bonds is 1. The summed E-state index contributed by atoms with van der Waals surface area (Å²) in [5.74, 6) is 0.439. The Labute approximate surface area is 112 Å². The van der Waals surface area contributed by atoms with Gasteiger partial charge in [-0.05, 0) is 31.7 Å². The standard InChI is InChI=1S/C13H18ClN3O/c1-8-4-3-5-17(9(8)2)13(18)11-6-10(15)7-16-12(11)14/h6-9H,3-5,15H2,1-2H3. The largest absolute Gasteiger partial charge is 0.397 e. The molecule has 1 saturated heterocycles. The van der Waals surface area contributed by atoms with E-state index in [0.29, 0.717) is 17.2 Å². The molecule has 0 aromatic carbocycles. The summed E-state index contributed by atoms with van der Waals surface area (Å²) in [7, 11) is 0. The van der Waals surface area contributed by atoms with Crippen LogP contribution in [0.4, 0.5) is 5.69 Å². The van der Waals surface area contributed by atoms with Gasteiger partial charge in [0.15, 0.2) is 0 Å². The van der Waals surface area contributed by atoms with E-state index in [-0.39, 0.29) is 17.1 Å². The lowest BCUT2D eigenvalue weighted by Crippen LogP contribution is -2.46. The van der Waals surface area contributed by atoms with Gasteiger partial charge in [-0.15, -0.1) is 0 Å². The minimum atomic E-state index is -0.0705. The number of anilines is 1. The van der Waals surface area contributed by atoms with Crippen molar-refractivity contribution in [1.82, 2.24) is 9.88 Å². The second-order valence-corrected chi connectivity index (χ2v) is 5.32. The van der Waals surface area contributed by atoms with Crippen LogP contribution in [0.1, 0.15) is 37.0 Å². The van der Waals surface area contributed by atoms with Gasteiger partial charge in [-0.3, -0.25) is 4.79 Å². The fourth-order valence-corrected chi connectivity index (χ4v) is 2.58. The van der Waals surface area contributed by atoms with Crippen molar-refractivity contribution in [2.24, 2.45) is 5.92 Å². The van der Waals surface area contributed by atoms with Crippen LogP contribution < -0.4 is 5.73 Å². The average Bonchev–Trinajstić information content (AvgIpc) is 2.35. The maximum Gasteiger partial charge on any atom is 0.257 e. The summed E-state index contributed by atoms with van der Waals surface area (Å²) in [6, 6.07) is 1.83. The highest BCUT2D eigenvalue weighted by Gasteiger charge is 2.30. The molecular formula is C13H18ClN3O. The van der Waals surface area contributed by atoms with Crippen LogP contribution in [0, 0.1) is 5.92 Å². The zero-order valence-electron chi connectivity index (χ0n) is 10.7. The van der Waals surface area contributed by atoms with Crippen molar-refractivity contribution in [3.8, 4) is 0 Å². The summed E-state index contributed by atoms with van der Waals surface area (Å²) < 4.78 is 0. The van der Waals surface area contributed by atoms with Crippen LogP contribution in [0.3, 0.4) is 0 Å². The molecule has 0 aliphatic carbocycles. The zero-order valence-corrected chi connectivity index (χ0v) is 11.4. The highest BCUT2D eigenvalue weighted by Crippen LogP contribution is 2.26. The molecule has 1 amide bonds. The molecule has 2 rings (SSSR count). The Bertz CT molecular complexity index is 464. The number of amides is 1. The number of nitrogen functional groups attached to an aromatic ring is 1. The second kappa shape index (κ2) is 5.14. The molecule has 1 aromatic rings. The smallest absolute Gasteiger partial charge is 0.257 e. The Morgan fingerprint density at radius 3 is 3.00 bits per heavy atom. The minimum Gasteiger partial charge on any atom is -0.397 e. The predicted octanol–water partition coefficient (Wildman–Crippen LogP) is 2.58. The van der Waals surface area contributed by atoms with E-state index < -0.39 is 0 Å². The fraction of sp³-hybridized carbons (Fsp3) is 0.538. The Balaban J connectivity index is 2.27. The van der Waals surface area contributed by atoms with Crippen LogP contribution in [0.15, 0.2) is 12.3 Å². The minimum absolute atomic E-state index is 0.0705. The first-order valence-electron chi connectivity index (χ1n) is 6.22. The number of aromatic nitrogens is 1. The number of carbonyl (C=O) groups is 1. The molecule has 1 aliphatic rings. The third-order valence-corrected chi connectivity index (χ3v) is 4.03. The lowest BCUT2D eigenvalue weighted by molar-refractivity contribution is 0.0551. The number of carbonyl (C=O) groups excluding carboxylic acids is 1. The lowest BCUT2D eigenvalue weighted by atomic mass is 9.91. The third-order valence-electron chi connectivity index (χ3n) is 3.73. The quantitative estimate of drug-likeness (QED) is 0.796. The predicted molar refractivity (Wildman–Crippen MR) is 72.6 cm³/mol. The van der Waals surface area contributed by atoms with Gasteiger partial charge in [-0.1, -0.05) is 18.5 Å². The summed E-state index contributed by atoms with van der Waals surface area (Å²) in [4.78, 5) is 18.3. The number of likely N-dealkylation sites (tertiary alicyclic amines) is 1. The number of hydrogen-bond acceptors (Lipinski definition) is 3. The molecular weight excluding hydrogens is 250 g/mol. The molecule has 2 unspecified atom stereocenters. The highest BCUT2D eigenvalue weighted by molar-refractivity contribution is 6.32. The van der Waals surface area contributed by atoms with Crippen LogP contribution in [-0.4, -0.2) is 28.4 Å². The molecule has 2 atom stereocenters. The Hall–Kier alpha value is -1.29. The molecule has 18 heavy (non-hydrogen) atoms. The van der Waals surface area contributed by atoms with Crippen LogP contribution in [0.5, 0.6) is 0 Å². The summed E-state index contributed by atoms with van der Waals surface area (Å²) in [6.45, 7) is 5.02. The van der Waals surface area contributed by atoms with E-state index in [2.05, 4.69) is 18.8 Å². The van der Waals surface area contributed by atoms with E-state index in [1.54, 1.807) is 6.07 Å². The zero-order chi connectivity index (χ0) is 13.3. The van der Waals surface area contributed by atoms with E-state index in [1.165, 1.54) is 6.20 Å². The van der Waals surface area contributed by atoms with E-state index in [4.69, 9.17) is 17.3 Å². The fourth-order valence-electron chi connectivity index (χ4n) is 2.39. The van der Waals surface area contributed by atoms with E-state index >= 15 is 0 Å². The molecule has 2 heterocycles. The average molecular weight is 268 g/mol. The molecule has 1 aromatic heterocycles. The summed E-state index contributed by atoms with van der Waals surface area (Å²) >= 11 is 5.98. The molecule has 1 aliphatic heterocycles. The maximum atomic E-state index is 12.5. The third kappa shape index (κ3) is 2.43. The summed E-state index contributed by atoms with van der Waals surface area (Å²) in [6.07, 6.45) is 3.65. The Morgan fingerprint density at radius 2 is 2.28 bits per heavy atom. The van der Waals surface area contributed by atoms with Crippen LogP contribution in [0.2, 0.25) is 5.15 Å². The van der Waals surface area contributed by atoms with E-state index in [1.807, 2.05) is 4.90 Å². The van der Waals surface area contributed by atoms with Crippen molar-refractivity contribution in [3.05, 3.63) is 23.0 Å². The molecule has 5 heteroatoms. The van der Waals surface area contributed by atoms with Gasteiger partial charge in [-0.25, -0.2) is 4.98 Å². The summed E-state index contributed by atoms with van der Waals surface area (Å²) in [5.41, 5.74) is 6.52. The molecule has 98 valence electrons. The highest BCUT2D eigenvalue weighted by atomic mass is 35.5. The van der Waals surface area contributed by atoms with Gasteiger partial charge < -0.3 is 10.6 Å². The normalized spacial score (nSPS) is 24.1. The van der Waals surface area contributed by atoms with Gasteiger partial charge in [0.1, 0.15) is 5.15 Å². The van der Waals surface area contributed by atoms with Crippen molar-refractivity contribution >= 4 is 23.2 Å². The van der Waals surface area contributed by atoms with Crippen LogP contribution in [-0.2, 0) is 0 Å². The Kier molecular flexibility index (Phi) is 3.76. The molecule has 2 N–H and O–H groups in total. The molecule has 0 bridgehead atoms. The van der Waals surface area contributed by atoms with Gasteiger partial charge in [0.25, 0.3) is 5.91 Å². The lowest BCUT2D eigenvalue weighted by Gasteiger charge is -2.38. The number of piperidine rings is 1. The van der Waals surface area contributed by atoms with Crippen molar-refractivity contribution in [2.45, 2.75) is 32.7 Å². The van der Waals surface area contributed by atoms with Crippen LogP contribution >= 0.6 is 11.6 Å². The molecule has 1 fully saturated rings. The second-order valence-electron chi connectivity index (χ2n) is 4.97. The first-order valence-corrected chi connectivity index (χ1v) is 6.60. The van der Waals surface area contributed by atoms with Crippen molar-refractivity contribution in [1.29, 1.82) is 0 Å². The number of pyridine rings is 1. The molecule has 0 radical (unpaired) electrons. The first-order chi connectivity index (χ1) is 8.50. The number of hydrogen-bond donors (Lipinski definition) is 1. The van der Waals surface area contributed by atoms with Crippen molar-refractivity contribution in [3.63, 3.8) is 0 Å². The van der Waals surface area contributed by atoms with Crippen LogP contribution in [0.25, 0.3) is 0 Å². The molecule has 0 spiro atoms. The van der Waals surface area contributed by atoms with E-state index in [9.17, 15) is 4.79 Å². The number of nitrogens with two attached hydrogens (primary N) is 1. The van der Waals surface area contributed by atoms with E-state index in [0.717, 1.165) is 19.4 Å². The number of nitrogens with zero attached hydrogens (tertiary/aromatic N) is 2. The Morgan fingerprint density at radius 1 is 1.56 bits per heavy atom. The van der Waals surface area contributed by atoms with Gasteiger partial charge in [0, 0.05) is 12.6 Å². The maximum absolute atomic E-state index is 12.5. The SMILES string of the molecule is CC1CCCN(C(=O)c2cc(N)cnc2Cl)C1C. The van der Waals surface area contributed by atoms with Crippen molar-refractivity contribution in [2.75, 3.05) is 12.3 Å². The first kappa shape index (κ1) is 13.1. The molecule has 4 nitrogen and oxygen atoms in total. The van der Waals surface area contributed by atoms with Gasteiger partial charge >= 0.3 is 0 Å². The molecule has 0 saturated carbocycles. The van der Waals surface area contributed by atoms with Gasteiger partial charge in [0.2, 0.25) is 0 Å². The number of halogens is 1. The summed E-state index contributed by atoms with van der Waals surface area (Å²) in [5, 5.41) is 0.222. The van der Waals surface area contributed by atoms with Crippen molar-refractivity contribution < 1.29 is 4.79 Å². The topological polar surface area (TPSA) is 59.2 Å². The monoisotopic (exact) mass is 267 g/mol. The van der Waals surface area contributed by atoms with Gasteiger partial charge in [-0.2, -0.15) is 0 Å².